The zero-order valence-corrected chi connectivity index (χ0v) is 7.95. The summed E-state index contributed by atoms with van der Waals surface area (Å²) in [6.45, 7) is -3.04. The Labute approximate surface area is 88.9 Å². The minimum absolute atomic E-state index is 0.478. The van der Waals surface area contributed by atoms with Gasteiger partial charge in [0.1, 0.15) is 0 Å². The van der Waals surface area contributed by atoms with Gasteiger partial charge in [0.2, 0.25) is 0 Å². The first-order chi connectivity index (χ1) is 7.66. The molecule has 1 aromatic heterocycles. The zero-order chi connectivity index (χ0) is 11.5. The van der Waals surface area contributed by atoms with Crippen molar-refractivity contribution in [2.24, 2.45) is 0 Å². The van der Waals surface area contributed by atoms with Crippen LogP contribution in [0, 0.1) is 5.82 Å². The van der Waals surface area contributed by atoms with Crippen molar-refractivity contribution < 1.29 is 17.9 Å². The summed E-state index contributed by atoms with van der Waals surface area (Å²) in [5.74, 6) is -1.32. The van der Waals surface area contributed by atoms with E-state index in [0.29, 0.717) is 11.3 Å². The van der Waals surface area contributed by atoms with Crippen molar-refractivity contribution in [1.82, 2.24) is 9.97 Å². The fourth-order valence-corrected chi connectivity index (χ4v) is 1.27. The Hall–Kier alpha value is -1.98. The van der Waals surface area contributed by atoms with E-state index in [-0.39, 0.29) is 0 Å². The molecule has 1 N–H and O–H groups in total. The summed E-state index contributed by atoms with van der Waals surface area (Å²) in [4.78, 5) is 6.62. The van der Waals surface area contributed by atoms with Gasteiger partial charge in [-0.15, -0.1) is 0 Å². The summed E-state index contributed by atoms with van der Waals surface area (Å²) < 4.78 is 41.0. The molecule has 0 aliphatic rings. The zero-order valence-electron chi connectivity index (χ0n) is 7.95. The van der Waals surface area contributed by atoms with Crippen LogP contribution in [0.3, 0.4) is 0 Å². The molecule has 0 saturated carbocycles. The van der Waals surface area contributed by atoms with E-state index in [2.05, 4.69) is 14.7 Å². The van der Waals surface area contributed by atoms with Crippen molar-refractivity contribution in [3.8, 4) is 17.0 Å². The van der Waals surface area contributed by atoms with Crippen LogP contribution in [0.25, 0.3) is 11.3 Å². The highest BCUT2D eigenvalue weighted by Crippen LogP contribution is 2.25. The molecule has 0 bridgehead atoms. The predicted molar refractivity (Wildman–Crippen MR) is 50.6 cm³/mol. The molecule has 0 saturated heterocycles. The summed E-state index contributed by atoms with van der Waals surface area (Å²) in [6, 6.07) is 3.69. The van der Waals surface area contributed by atoms with Gasteiger partial charge in [-0.05, 0) is 18.2 Å². The molecule has 0 unspecified atom stereocenters. The van der Waals surface area contributed by atoms with Gasteiger partial charge in [-0.2, -0.15) is 8.78 Å². The predicted octanol–water partition coefficient (Wildman–Crippen LogP) is 2.82. The number of H-pyrrole nitrogens is 1. The monoisotopic (exact) mass is 228 g/mol. The quantitative estimate of drug-likeness (QED) is 0.877. The van der Waals surface area contributed by atoms with Crippen LogP contribution in [0.15, 0.2) is 30.7 Å². The van der Waals surface area contributed by atoms with Gasteiger partial charge in [0.15, 0.2) is 11.6 Å². The Morgan fingerprint density at radius 2 is 2.12 bits per heavy atom. The molecule has 0 radical (unpaired) electrons. The number of rotatable bonds is 3. The maximum Gasteiger partial charge on any atom is 0.387 e. The van der Waals surface area contributed by atoms with Crippen LogP contribution in [0.2, 0.25) is 0 Å². The minimum Gasteiger partial charge on any atom is -0.432 e. The van der Waals surface area contributed by atoms with Crippen LogP contribution in [0.1, 0.15) is 0 Å². The number of nitrogens with zero attached hydrogens (tertiary/aromatic N) is 1. The Balaban J connectivity index is 2.29. The summed E-state index contributed by atoms with van der Waals surface area (Å²) in [6.07, 6.45) is 3.01. The number of benzene rings is 1. The van der Waals surface area contributed by atoms with Crippen molar-refractivity contribution in [1.29, 1.82) is 0 Å². The van der Waals surface area contributed by atoms with Crippen molar-refractivity contribution in [2.45, 2.75) is 6.61 Å². The summed E-state index contributed by atoms with van der Waals surface area (Å²) >= 11 is 0. The first-order valence-corrected chi connectivity index (χ1v) is 4.40. The third-order valence-electron chi connectivity index (χ3n) is 1.94. The second-order valence-electron chi connectivity index (χ2n) is 2.98. The van der Waals surface area contributed by atoms with E-state index < -0.39 is 18.2 Å². The van der Waals surface area contributed by atoms with Crippen molar-refractivity contribution in [2.75, 3.05) is 0 Å². The molecule has 0 atom stereocenters. The van der Waals surface area contributed by atoms with Crippen LogP contribution in [0.5, 0.6) is 5.75 Å². The second-order valence-corrected chi connectivity index (χ2v) is 2.98. The lowest BCUT2D eigenvalue weighted by atomic mass is 10.1. The highest BCUT2D eigenvalue weighted by atomic mass is 19.3. The van der Waals surface area contributed by atoms with Crippen molar-refractivity contribution in [3.05, 3.63) is 36.5 Å². The molecule has 1 heterocycles. The van der Waals surface area contributed by atoms with Gasteiger partial charge in [-0.1, -0.05) is 0 Å². The number of halogens is 3. The third-order valence-corrected chi connectivity index (χ3v) is 1.94. The topological polar surface area (TPSA) is 37.9 Å². The molecular formula is C10H7F3N2O. The van der Waals surface area contributed by atoms with Gasteiger partial charge in [0, 0.05) is 11.8 Å². The lowest BCUT2D eigenvalue weighted by molar-refractivity contribution is -0.0521. The molecule has 0 fully saturated rings. The number of hydrogen-bond acceptors (Lipinski definition) is 2. The van der Waals surface area contributed by atoms with Crippen molar-refractivity contribution in [3.63, 3.8) is 0 Å². The van der Waals surface area contributed by atoms with E-state index in [0.717, 1.165) is 12.1 Å². The van der Waals surface area contributed by atoms with Crippen LogP contribution < -0.4 is 4.74 Å². The fraction of sp³-hybridized carbons (Fsp3) is 0.100. The van der Waals surface area contributed by atoms with E-state index in [1.807, 2.05) is 0 Å². The van der Waals surface area contributed by atoms with Crippen LogP contribution >= 0.6 is 0 Å². The van der Waals surface area contributed by atoms with Crippen molar-refractivity contribution >= 4 is 0 Å². The highest BCUT2D eigenvalue weighted by Gasteiger charge is 2.11. The number of nitrogens with one attached hydrogen (secondary N) is 1. The molecule has 3 nitrogen and oxygen atoms in total. The van der Waals surface area contributed by atoms with Crippen LogP contribution in [-0.4, -0.2) is 16.6 Å². The molecular weight excluding hydrogens is 221 g/mol. The fourth-order valence-electron chi connectivity index (χ4n) is 1.27. The van der Waals surface area contributed by atoms with Gasteiger partial charge >= 0.3 is 6.61 Å². The Morgan fingerprint density at radius 3 is 2.69 bits per heavy atom. The van der Waals surface area contributed by atoms with Gasteiger partial charge < -0.3 is 9.72 Å². The molecule has 6 heteroatoms. The largest absolute Gasteiger partial charge is 0.432 e. The third kappa shape index (κ3) is 2.16. The Morgan fingerprint density at radius 1 is 1.31 bits per heavy atom. The van der Waals surface area contributed by atoms with Gasteiger partial charge in [0.05, 0.1) is 12.0 Å². The maximum absolute atomic E-state index is 13.3. The van der Waals surface area contributed by atoms with Crippen LogP contribution in [-0.2, 0) is 0 Å². The second kappa shape index (κ2) is 4.26. The van der Waals surface area contributed by atoms with Gasteiger partial charge in [-0.25, -0.2) is 9.37 Å². The van der Waals surface area contributed by atoms with Gasteiger partial charge in [0.25, 0.3) is 0 Å². The number of ether oxygens (including phenoxy) is 1. The lowest BCUT2D eigenvalue weighted by Gasteiger charge is -2.06. The van der Waals surface area contributed by atoms with E-state index in [1.165, 1.54) is 12.4 Å². The first-order valence-electron chi connectivity index (χ1n) is 4.40. The van der Waals surface area contributed by atoms with Gasteiger partial charge in [-0.3, -0.25) is 0 Å². The summed E-state index contributed by atoms with van der Waals surface area (Å²) in [7, 11) is 0. The number of hydrogen-bond donors (Lipinski definition) is 1. The summed E-state index contributed by atoms with van der Waals surface area (Å²) in [5.41, 5.74) is 1.02. The highest BCUT2D eigenvalue weighted by molar-refractivity contribution is 5.59. The summed E-state index contributed by atoms with van der Waals surface area (Å²) in [5, 5.41) is 0. The Bertz CT molecular complexity index is 471. The maximum atomic E-state index is 13.3. The van der Waals surface area contributed by atoms with E-state index in [9.17, 15) is 13.2 Å². The Kier molecular flexibility index (Phi) is 2.80. The number of imidazole rings is 1. The standard InChI is InChI=1S/C10H7F3N2O/c11-7-3-6(8-4-14-5-15-8)1-2-9(7)16-10(12)13/h1-5,10H,(H,14,15). The molecule has 1 aromatic carbocycles. The van der Waals surface area contributed by atoms with E-state index in [4.69, 9.17) is 0 Å². The molecule has 0 amide bonds. The average molecular weight is 228 g/mol. The molecule has 0 aliphatic heterocycles. The lowest BCUT2D eigenvalue weighted by Crippen LogP contribution is -2.03. The molecule has 0 spiro atoms. The SMILES string of the molecule is Fc1cc(-c2c[nH]cn2)ccc1OC(F)F. The van der Waals surface area contributed by atoms with E-state index >= 15 is 0 Å². The van der Waals surface area contributed by atoms with Crippen LogP contribution in [0.4, 0.5) is 13.2 Å². The molecule has 2 aromatic rings. The number of aromatic nitrogens is 2. The normalized spacial score (nSPS) is 10.8. The molecule has 2 rings (SSSR count). The molecule has 16 heavy (non-hydrogen) atoms. The van der Waals surface area contributed by atoms with E-state index in [1.54, 1.807) is 6.20 Å². The number of alkyl halides is 2. The molecule has 84 valence electrons. The molecule has 0 aliphatic carbocycles. The first kappa shape index (κ1) is 10.5. The smallest absolute Gasteiger partial charge is 0.387 e. The average Bonchev–Trinajstić information content (AvgIpc) is 2.73. The number of aromatic amines is 1. The minimum atomic E-state index is -3.04.